The van der Waals surface area contributed by atoms with Gasteiger partial charge in [-0.15, -0.1) is 0 Å². The van der Waals surface area contributed by atoms with E-state index in [1.165, 1.54) is 0 Å². The highest BCUT2D eigenvalue weighted by Gasteiger charge is 2.16. The summed E-state index contributed by atoms with van der Waals surface area (Å²) >= 11 is 0. The first kappa shape index (κ1) is 40.3. The molecule has 0 aliphatic heterocycles. The van der Waals surface area contributed by atoms with Crippen molar-refractivity contribution in [2.45, 2.75) is 77.1 Å². The smallest absolute Gasteiger partial charge is 0.410 e. The average molecular weight is 684 g/mol. The highest BCUT2D eigenvalue weighted by atomic mass is 16.6. The summed E-state index contributed by atoms with van der Waals surface area (Å²) < 4.78 is 10.7. The minimum absolute atomic E-state index is 0.0472. The predicted molar refractivity (Wildman–Crippen MR) is 186 cm³/mol. The maximum absolute atomic E-state index is 12.9. The van der Waals surface area contributed by atoms with Crippen LogP contribution in [0, 0.1) is 5.41 Å². The first-order valence-corrected chi connectivity index (χ1v) is 16.9. The van der Waals surface area contributed by atoms with Gasteiger partial charge in [0.15, 0.2) is 5.96 Å². The number of nitrogens with two attached hydrogens (primary N) is 1. The molecule has 0 aliphatic rings. The molecule has 0 heterocycles. The Labute approximate surface area is 289 Å². The summed E-state index contributed by atoms with van der Waals surface area (Å²) in [4.78, 5) is 50.9. The van der Waals surface area contributed by atoms with Crippen molar-refractivity contribution >= 4 is 30.0 Å². The van der Waals surface area contributed by atoms with Gasteiger partial charge in [0, 0.05) is 32.7 Å². The van der Waals surface area contributed by atoms with E-state index in [0.717, 1.165) is 36.8 Å². The van der Waals surface area contributed by atoms with E-state index in [1.807, 2.05) is 60.7 Å². The number of hydrogen-bond donors (Lipinski definition) is 7. The summed E-state index contributed by atoms with van der Waals surface area (Å²) in [5.74, 6) is -0.780. The van der Waals surface area contributed by atoms with Gasteiger partial charge in [-0.05, 0) is 43.2 Å². The van der Waals surface area contributed by atoms with E-state index in [2.05, 4.69) is 21.3 Å². The molecule has 4 amide bonds. The lowest BCUT2D eigenvalue weighted by molar-refractivity contribution is -0.127. The van der Waals surface area contributed by atoms with Crippen molar-refractivity contribution < 1.29 is 33.8 Å². The molecule has 1 unspecified atom stereocenters. The number of aliphatic hydroxyl groups excluding tert-OH is 1. The first-order valence-electron chi connectivity index (χ1n) is 16.9. The number of rotatable bonds is 24. The number of hydrogen-bond acceptors (Lipinski definition) is 8. The second kappa shape index (κ2) is 25.2. The number of nitrogens with zero attached hydrogens (tertiary/aromatic N) is 1. The largest absolute Gasteiger partial charge is 0.445 e. The molecule has 0 bridgehead atoms. The van der Waals surface area contributed by atoms with Gasteiger partial charge in [-0.1, -0.05) is 79.9 Å². The number of ether oxygens (including phenoxy) is 2. The van der Waals surface area contributed by atoms with Crippen LogP contribution >= 0.6 is 0 Å². The van der Waals surface area contributed by atoms with Crippen molar-refractivity contribution in [3.63, 3.8) is 0 Å². The molecule has 2 aromatic carbocycles. The number of aliphatic hydroxyl groups is 1. The third-order valence-electron chi connectivity index (χ3n) is 7.37. The Morgan fingerprint density at radius 1 is 0.694 bits per heavy atom. The normalized spacial score (nSPS) is 11.1. The van der Waals surface area contributed by atoms with E-state index >= 15 is 0 Å². The van der Waals surface area contributed by atoms with E-state index in [1.54, 1.807) is 4.90 Å². The average Bonchev–Trinajstić information content (AvgIpc) is 3.09. The fraction of sp³-hybridized carbons (Fsp3) is 0.514. The molecule has 0 aromatic heterocycles. The summed E-state index contributed by atoms with van der Waals surface area (Å²) in [6, 6.07) is 18.7. The molecule has 0 saturated heterocycles. The third kappa shape index (κ3) is 20.9. The summed E-state index contributed by atoms with van der Waals surface area (Å²) in [7, 11) is 0. The summed E-state index contributed by atoms with van der Waals surface area (Å²) in [6.07, 6.45) is 3.81. The van der Waals surface area contributed by atoms with Gasteiger partial charge < -0.3 is 46.5 Å². The Bertz CT molecular complexity index is 1250. The Kier molecular flexibility index (Phi) is 20.7. The maximum atomic E-state index is 12.9. The second-order valence-electron chi connectivity index (χ2n) is 11.6. The van der Waals surface area contributed by atoms with E-state index in [-0.39, 0.29) is 38.0 Å². The lowest BCUT2D eigenvalue weighted by atomic mass is 10.1. The Hall–Kier alpha value is -4.85. The van der Waals surface area contributed by atoms with Crippen LogP contribution in [0.3, 0.4) is 0 Å². The third-order valence-corrected chi connectivity index (χ3v) is 7.37. The van der Waals surface area contributed by atoms with Gasteiger partial charge in [-0.2, -0.15) is 0 Å². The van der Waals surface area contributed by atoms with E-state index in [9.17, 15) is 24.3 Å². The number of nitrogens with one attached hydrogen (secondary N) is 5. The topological polar surface area (TPSA) is 208 Å². The highest BCUT2D eigenvalue weighted by Crippen LogP contribution is 2.08. The molecule has 0 saturated carbocycles. The van der Waals surface area contributed by atoms with Crippen LogP contribution in [0.4, 0.5) is 9.59 Å². The van der Waals surface area contributed by atoms with Crippen molar-refractivity contribution in [1.82, 2.24) is 26.2 Å². The molecule has 49 heavy (non-hydrogen) atoms. The Balaban J connectivity index is 1.62. The molecule has 0 fully saturated rings. The van der Waals surface area contributed by atoms with E-state index < -0.39 is 24.2 Å². The standard InChI is InChI=1S/C35H53N7O7/c36-33(37)39-20-10-2-1-9-18-30(43)24-31(44)41-25-32(45)38-19-11-12-22-42(35(47)49-27-29-16-7-4-8-17-29)23-13-21-40-34(46)48-26-28-14-5-3-6-15-28/h3-8,14-17,30,43H,1-2,9-13,18-27H2,(H,38,45)(H,40,46)(H,41,44)(H4,36,37,39). The molecule has 0 radical (unpaired) electrons. The highest BCUT2D eigenvalue weighted by molar-refractivity contribution is 5.84. The number of carbonyl (C=O) groups is 4. The molecule has 0 aliphatic carbocycles. The van der Waals surface area contributed by atoms with Crippen molar-refractivity contribution in [1.29, 1.82) is 5.41 Å². The van der Waals surface area contributed by atoms with Crippen LogP contribution in [0.1, 0.15) is 68.9 Å². The van der Waals surface area contributed by atoms with Crippen molar-refractivity contribution in [3.05, 3.63) is 71.8 Å². The molecular weight excluding hydrogens is 630 g/mol. The maximum Gasteiger partial charge on any atom is 0.410 e. The minimum atomic E-state index is -0.773. The molecule has 14 nitrogen and oxygen atoms in total. The first-order chi connectivity index (χ1) is 23.7. The molecule has 1 atom stereocenters. The van der Waals surface area contributed by atoms with Gasteiger partial charge in [0.05, 0.1) is 19.1 Å². The van der Waals surface area contributed by atoms with Crippen LogP contribution in [-0.4, -0.2) is 85.3 Å². The fourth-order valence-electron chi connectivity index (χ4n) is 4.71. The molecular formula is C35H53N7O7. The van der Waals surface area contributed by atoms with E-state index in [4.69, 9.17) is 20.6 Å². The molecule has 2 aromatic rings. The predicted octanol–water partition coefficient (Wildman–Crippen LogP) is 3.14. The zero-order chi connectivity index (χ0) is 35.5. The monoisotopic (exact) mass is 683 g/mol. The lowest BCUT2D eigenvalue weighted by Gasteiger charge is -2.22. The fourth-order valence-corrected chi connectivity index (χ4v) is 4.71. The van der Waals surface area contributed by atoms with Crippen LogP contribution in [0.5, 0.6) is 0 Å². The van der Waals surface area contributed by atoms with Crippen LogP contribution in [0.2, 0.25) is 0 Å². The molecule has 0 spiro atoms. The summed E-state index contributed by atoms with van der Waals surface area (Å²) in [5.41, 5.74) is 6.99. The molecule has 14 heteroatoms. The molecule has 2 rings (SSSR count). The Morgan fingerprint density at radius 3 is 1.94 bits per heavy atom. The van der Waals surface area contributed by atoms with E-state index in [0.29, 0.717) is 58.4 Å². The number of alkyl carbamates (subject to hydrolysis) is 1. The quantitative estimate of drug-likeness (QED) is 0.0492. The minimum Gasteiger partial charge on any atom is -0.445 e. The van der Waals surface area contributed by atoms with Gasteiger partial charge in [-0.25, -0.2) is 9.59 Å². The van der Waals surface area contributed by atoms with Crippen molar-refractivity contribution in [3.8, 4) is 0 Å². The number of amides is 4. The van der Waals surface area contributed by atoms with Crippen molar-refractivity contribution in [2.75, 3.05) is 39.3 Å². The Morgan fingerprint density at radius 2 is 1.27 bits per heavy atom. The number of carbonyl (C=O) groups excluding carboxylic acids is 4. The summed E-state index contributed by atoms with van der Waals surface area (Å²) in [5, 5.41) is 28.0. The number of benzene rings is 2. The van der Waals surface area contributed by atoms with Crippen LogP contribution in [0.25, 0.3) is 0 Å². The zero-order valence-electron chi connectivity index (χ0n) is 28.3. The van der Waals surface area contributed by atoms with Gasteiger partial charge in [0.2, 0.25) is 11.8 Å². The van der Waals surface area contributed by atoms with Crippen LogP contribution in [0.15, 0.2) is 60.7 Å². The summed E-state index contributed by atoms with van der Waals surface area (Å²) in [6.45, 7) is 2.19. The number of unbranched alkanes of at least 4 members (excludes halogenated alkanes) is 4. The lowest BCUT2D eigenvalue weighted by Crippen LogP contribution is -2.38. The SMILES string of the molecule is N=C(N)NCCCCCCC(O)CC(=O)NCC(=O)NCCCCN(CCCNC(=O)OCc1ccccc1)C(=O)OCc1ccccc1. The van der Waals surface area contributed by atoms with Crippen LogP contribution in [-0.2, 0) is 32.3 Å². The molecule has 8 N–H and O–H groups in total. The van der Waals surface area contributed by atoms with Gasteiger partial charge in [0.1, 0.15) is 13.2 Å². The molecule has 270 valence electrons. The zero-order valence-corrected chi connectivity index (χ0v) is 28.3. The van der Waals surface area contributed by atoms with Crippen molar-refractivity contribution in [2.24, 2.45) is 5.73 Å². The van der Waals surface area contributed by atoms with Gasteiger partial charge >= 0.3 is 12.2 Å². The second-order valence-corrected chi connectivity index (χ2v) is 11.6. The van der Waals surface area contributed by atoms with Crippen LogP contribution < -0.4 is 27.0 Å². The van der Waals surface area contributed by atoms with Gasteiger partial charge in [-0.3, -0.25) is 15.0 Å². The number of guanidine groups is 1. The van der Waals surface area contributed by atoms with Gasteiger partial charge in [0.25, 0.3) is 0 Å².